The molecule has 1 fully saturated rings. The van der Waals surface area contributed by atoms with E-state index in [-0.39, 0.29) is 33.5 Å². The van der Waals surface area contributed by atoms with E-state index in [1.807, 2.05) is 6.07 Å². The van der Waals surface area contributed by atoms with Crippen molar-refractivity contribution in [2.45, 2.75) is 25.5 Å². The molecule has 3 aromatic rings. The van der Waals surface area contributed by atoms with Crippen LogP contribution >= 0.6 is 35.2 Å². The van der Waals surface area contributed by atoms with Gasteiger partial charge >= 0.3 is 6.09 Å². The zero-order chi connectivity index (χ0) is 26.2. The zero-order valence-electron chi connectivity index (χ0n) is 19.1. The summed E-state index contributed by atoms with van der Waals surface area (Å²) in [7, 11) is 0. The summed E-state index contributed by atoms with van der Waals surface area (Å²) in [4.78, 5) is 36.2. The van der Waals surface area contributed by atoms with Gasteiger partial charge in [0.1, 0.15) is 18.2 Å². The number of thiazole rings is 1. The normalized spacial score (nSPS) is 15.8. The standard InChI is InChI=1S/C23H20ClN5O5S2/c1-23(2)19(32)28(12-4-6-16(25-3)15(24)8-12)22(35)29(23)13-5-7-18-17(9-13)26-20(36-18)27-21(33)34-11-14(31)10-30/h4-9,14,30-31H,10-11H2,1-2H3,(H,26,27,33). The second-order valence-electron chi connectivity index (χ2n) is 8.30. The van der Waals surface area contributed by atoms with Crippen molar-refractivity contribution >= 4 is 84.7 Å². The number of aliphatic hydroxyl groups excluding tert-OH is 2. The largest absolute Gasteiger partial charge is 0.446 e. The maximum atomic E-state index is 13.4. The van der Waals surface area contributed by atoms with E-state index in [2.05, 4.69) is 15.1 Å². The molecule has 1 aliphatic heterocycles. The average molecular weight is 546 g/mol. The fourth-order valence-corrected chi connectivity index (χ4v) is 5.21. The highest BCUT2D eigenvalue weighted by molar-refractivity contribution is 7.81. The number of amides is 2. The fraction of sp³-hybridized carbons (Fsp3) is 0.261. The molecule has 4 rings (SSSR count). The van der Waals surface area contributed by atoms with Gasteiger partial charge in [0.2, 0.25) is 5.69 Å². The Morgan fingerprint density at radius 3 is 2.72 bits per heavy atom. The Bertz CT molecular complexity index is 1420. The van der Waals surface area contributed by atoms with E-state index in [0.717, 1.165) is 4.70 Å². The van der Waals surface area contributed by atoms with Crippen molar-refractivity contribution in [3.8, 4) is 0 Å². The molecule has 0 radical (unpaired) electrons. The lowest BCUT2D eigenvalue weighted by molar-refractivity contribution is -0.120. The number of nitrogens with zero attached hydrogens (tertiary/aromatic N) is 4. The summed E-state index contributed by atoms with van der Waals surface area (Å²) in [6.45, 7) is 9.81. The second kappa shape index (κ2) is 9.96. The predicted molar refractivity (Wildman–Crippen MR) is 142 cm³/mol. The summed E-state index contributed by atoms with van der Waals surface area (Å²) in [5.74, 6) is -0.257. The average Bonchev–Trinajstić information content (AvgIpc) is 3.31. The Kier molecular flexibility index (Phi) is 7.12. The van der Waals surface area contributed by atoms with Gasteiger partial charge in [0, 0.05) is 10.7 Å². The molecule has 1 saturated heterocycles. The van der Waals surface area contributed by atoms with Gasteiger partial charge in [0.05, 0.1) is 29.1 Å². The highest BCUT2D eigenvalue weighted by atomic mass is 35.5. The van der Waals surface area contributed by atoms with Crippen LogP contribution in [0, 0.1) is 6.57 Å². The lowest BCUT2D eigenvalue weighted by Crippen LogP contribution is -2.44. The molecule has 186 valence electrons. The summed E-state index contributed by atoms with van der Waals surface area (Å²) in [5.41, 5.74) is 0.911. The van der Waals surface area contributed by atoms with Gasteiger partial charge in [0.15, 0.2) is 10.2 Å². The second-order valence-corrected chi connectivity index (χ2v) is 10.1. The minimum atomic E-state index is -1.16. The molecule has 10 nitrogen and oxygen atoms in total. The van der Waals surface area contributed by atoms with Crippen LogP contribution in [-0.4, -0.2) is 57.2 Å². The number of rotatable bonds is 6. The maximum Gasteiger partial charge on any atom is 0.413 e. The van der Waals surface area contributed by atoms with Gasteiger partial charge in [-0.3, -0.25) is 15.0 Å². The van der Waals surface area contributed by atoms with E-state index in [0.29, 0.717) is 16.9 Å². The number of fused-ring (bicyclic) bond motifs is 1. The molecular formula is C23H20ClN5O5S2. The molecule has 1 aromatic heterocycles. The number of hydrogen-bond donors (Lipinski definition) is 3. The number of carbonyl (C=O) groups is 2. The van der Waals surface area contributed by atoms with E-state index < -0.39 is 24.3 Å². The van der Waals surface area contributed by atoms with Gasteiger partial charge in [0.25, 0.3) is 5.91 Å². The highest BCUT2D eigenvalue weighted by Crippen LogP contribution is 2.40. The third kappa shape index (κ3) is 4.71. The Balaban J connectivity index is 1.61. The lowest BCUT2D eigenvalue weighted by Gasteiger charge is -2.29. The number of thiocarbonyl (C=S) groups is 1. The van der Waals surface area contributed by atoms with Crippen LogP contribution in [0.3, 0.4) is 0 Å². The first-order valence-electron chi connectivity index (χ1n) is 10.6. The van der Waals surface area contributed by atoms with Gasteiger partial charge in [-0.15, -0.1) is 0 Å². The Hall–Kier alpha value is -3.34. The fourth-order valence-electron chi connectivity index (χ4n) is 3.64. The van der Waals surface area contributed by atoms with Crippen molar-refractivity contribution in [3.05, 3.63) is 52.8 Å². The lowest BCUT2D eigenvalue weighted by atomic mass is 10.0. The van der Waals surface area contributed by atoms with Crippen molar-refractivity contribution in [3.63, 3.8) is 0 Å². The zero-order valence-corrected chi connectivity index (χ0v) is 21.4. The Morgan fingerprint density at radius 1 is 1.33 bits per heavy atom. The first-order valence-corrected chi connectivity index (χ1v) is 12.2. The summed E-state index contributed by atoms with van der Waals surface area (Å²) >= 11 is 13.1. The van der Waals surface area contributed by atoms with Crippen LogP contribution in [0.25, 0.3) is 15.1 Å². The molecule has 13 heteroatoms. The molecule has 0 aliphatic carbocycles. The summed E-state index contributed by atoms with van der Waals surface area (Å²) in [6.07, 6.45) is -1.97. The number of halogens is 1. The molecule has 36 heavy (non-hydrogen) atoms. The first-order chi connectivity index (χ1) is 17.1. The van der Waals surface area contributed by atoms with Crippen LogP contribution < -0.4 is 15.1 Å². The molecule has 1 atom stereocenters. The molecule has 0 spiro atoms. The molecule has 2 amide bonds. The molecule has 2 aromatic carbocycles. The number of aromatic nitrogens is 1. The van der Waals surface area contributed by atoms with Gasteiger partial charge in [-0.1, -0.05) is 29.0 Å². The van der Waals surface area contributed by atoms with Gasteiger partial charge in [-0.25, -0.2) is 14.6 Å². The number of nitrogens with one attached hydrogen (secondary N) is 1. The van der Waals surface area contributed by atoms with E-state index in [1.165, 1.54) is 16.2 Å². The van der Waals surface area contributed by atoms with Crippen molar-refractivity contribution in [2.24, 2.45) is 0 Å². The predicted octanol–water partition coefficient (Wildman–Crippen LogP) is 4.32. The van der Waals surface area contributed by atoms with Crippen LogP contribution in [-0.2, 0) is 9.53 Å². The molecule has 0 bridgehead atoms. The Morgan fingerprint density at radius 2 is 2.06 bits per heavy atom. The van der Waals surface area contributed by atoms with Gasteiger partial charge < -0.3 is 19.8 Å². The Labute approximate surface area is 220 Å². The molecule has 1 aliphatic rings. The van der Waals surface area contributed by atoms with Gasteiger partial charge in [-0.05, 0) is 56.4 Å². The van der Waals surface area contributed by atoms with Crippen LogP contribution in [0.2, 0.25) is 5.02 Å². The van der Waals surface area contributed by atoms with Crippen LogP contribution in [0.1, 0.15) is 13.8 Å². The summed E-state index contributed by atoms with van der Waals surface area (Å²) in [6, 6.07) is 10.1. The van der Waals surface area contributed by atoms with Crippen LogP contribution in [0.5, 0.6) is 0 Å². The topological polar surface area (TPSA) is 120 Å². The molecule has 2 heterocycles. The summed E-state index contributed by atoms with van der Waals surface area (Å²) in [5, 5.41) is 21.4. The number of aliphatic hydroxyl groups is 2. The monoisotopic (exact) mass is 545 g/mol. The van der Waals surface area contributed by atoms with Gasteiger partial charge in [-0.2, -0.15) is 0 Å². The van der Waals surface area contributed by atoms with Crippen LogP contribution in [0.15, 0.2) is 36.4 Å². The first kappa shape index (κ1) is 25.7. The summed E-state index contributed by atoms with van der Waals surface area (Å²) < 4.78 is 5.62. The number of ether oxygens (including phenoxy) is 1. The van der Waals surface area contributed by atoms with E-state index in [9.17, 15) is 14.7 Å². The van der Waals surface area contributed by atoms with Crippen molar-refractivity contribution in [1.82, 2.24) is 4.98 Å². The van der Waals surface area contributed by atoms with Crippen LogP contribution in [0.4, 0.5) is 27.0 Å². The minimum absolute atomic E-state index is 0.225. The van der Waals surface area contributed by atoms with E-state index >= 15 is 0 Å². The smallest absolute Gasteiger partial charge is 0.413 e. The molecule has 0 saturated carbocycles. The molecule has 3 N–H and O–H groups in total. The quantitative estimate of drug-likeness (QED) is 0.309. The third-order valence-corrected chi connectivity index (χ3v) is 7.05. The van der Waals surface area contributed by atoms with E-state index in [1.54, 1.807) is 49.1 Å². The SMILES string of the molecule is [C-]#[N+]c1ccc(N2C(=O)C(C)(C)N(c3ccc4sc(NC(=O)OCC(O)CO)nc4c3)C2=S)cc1Cl. The highest BCUT2D eigenvalue weighted by Gasteiger charge is 2.50. The third-order valence-electron chi connectivity index (χ3n) is 5.43. The van der Waals surface area contributed by atoms with Crippen molar-refractivity contribution in [1.29, 1.82) is 0 Å². The number of anilines is 3. The number of benzene rings is 2. The minimum Gasteiger partial charge on any atom is -0.446 e. The molecule has 1 unspecified atom stereocenters. The maximum absolute atomic E-state index is 13.4. The van der Waals surface area contributed by atoms with E-state index in [4.69, 9.17) is 40.2 Å². The van der Waals surface area contributed by atoms with Crippen molar-refractivity contribution < 1.29 is 24.5 Å². The number of carbonyl (C=O) groups excluding carboxylic acids is 2. The molecular weight excluding hydrogens is 526 g/mol. The van der Waals surface area contributed by atoms with Crippen molar-refractivity contribution in [2.75, 3.05) is 28.3 Å². The number of hydrogen-bond acceptors (Lipinski definition) is 8.